The van der Waals surface area contributed by atoms with Crippen LogP contribution in [-0.2, 0) is 4.79 Å². The smallest absolute Gasteiger partial charge is 0.311 e. The van der Waals surface area contributed by atoms with E-state index in [1.165, 1.54) is 31.4 Å². The van der Waals surface area contributed by atoms with Crippen LogP contribution in [0.2, 0.25) is 0 Å². The van der Waals surface area contributed by atoms with Crippen molar-refractivity contribution in [1.82, 2.24) is 0 Å². The molecule has 0 unspecified atom stereocenters. The van der Waals surface area contributed by atoms with Crippen LogP contribution >= 0.6 is 0 Å². The average molecular weight is 370 g/mol. The van der Waals surface area contributed by atoms with E-state index in [9.17, 15) is 14.4 Å². The van der Waals surface area contributed by atoms with Gasteiger partial charge < -0.3 is 9.84 Å². The van der Waals surface area contributed by atoms with E-state index >= 15 is 0 Å². The lowest BCUT2D eigenvalue weighted by Gasteiger charge is -2.04. The summed E-state index contributed by atoms with van der Waals surface area (Å²) in [6.07, 6.45) is 7.52. The zero-order chi connectivity index (χ0) is 19.9. The molecule has 1 N–H and O–H groups in total. The van der Waals surface area contributed by atoms with E-state index < -0.39 is 0 Å². The summed E-state index contributed by atoms with van der Waals surface area (Å²) in [7, 11) is 0. The quantitative estimate of drug-likeness (QED) is 0.292. The van der Waals surface area contributed by atoms with Gasteiger partial charge in [-0.3, -0.25) is 14.4 Å². The van der Waals surface area contributed by atoms with Crippen molar-refractivity contribution >= 4 is 18.5 Å². The fraction of sp³-hybridized carbons (Fsp3) is 0.318. The van der Waals surface area contributed by atoms with Crippen LogP contribution in [-0.4, -0.2) is 23.6 Å². The number of ether oxygens (including phenoxy) is 1. The second kappa shape index (κ2) is 13.3. The summed E-state index contributed by atoms with van der Waals surface area (Å²) in [5.74, 6) is 0.477. The van der Waals surface area contributed by atoms with Crippen molar-refractivity contribution in [3.8, 4) is 11.5 Å². The van der Waals surface area contributed by atoms with Gasteiger partial charge in [-0.2, -0.15) is 0 Å². The lowest BCUT2D eigenvalue weighted by atomic mass is 10.1. The number of hydrogen-bond donors (Lipinski definition) is 1. The molecular formula is C22H26O5. The van der Waals surface area contributed by atoms with Gasteiger partial charge in [0.25, 0.3) is 0 Å². The highest BCUT2D eigenvalue weighted by Crippen LogP contribution is 2.13. The third-order valence-corrected chi connectivity index (χ3v) is 3.76. The highest BCUT2D eigenvalue weighted by Gasteiger charge is 2.04. The van der Waals surface area contributed by atoms with Crippen molar-refractivity contribution in [2.75, 3.05) is 0 Å². The molecule has 0 spiro atoms. The molecule has 0 saturated carbocycles. The van der Waals surface area contributed by atoms with E-state index in [1.54, 1.807) is 36.4 Å². The largest absolute Gasteiger partial charge is 0.508 e. The predicted octanol–water partition coefficient (Wildman–Crippen LogP) is 4.97. The van der Waals surface area contributed by atoms with E-state index in [0.29, 0.717) is 23.3 Å². The lowest BCUT2D eigenvalue weighted by Crippen LogP contribution is -2.07. The molecule has 2 rings (SSSR count). The van der Waals surface area contributed by atoms with Gasteiger partial charge in [0, 0.05) is 17.5 Å². The molecule has 0 aliphatic heterocycles. The highest BCUT2D eigenvalue weighted by atomic mass is 16.5. The number of rotatable bonds is 9. The predicted molar refractivity (Wildman–Crippen MR) is 104 cm³/mol. The zero-order valence-electron chi connectivity index (χ0n) is 15.6. The SMILES string of the molecule is CCCCCCCC(=O)Oc1ccc(C=O)cc1.O=Cc1ccc(O)cc1. The molecule has 2 aromatic rings. The number of aldehydes is 2. The van der Waals surface area contributed by atoms with Crippen LogP contribution in [0.3, 0.4) is 0 Å². The van der Waals surface area contributed by atoms with Gasteiger partial charge in [-0.15, -0.1) is 0 Å². The topological polar surface area (TPSA) is 80.7 Å². The van der Waals surface area contributed by atoms with Crippen molar-refractivity contribution in [2.24, 2.45) is 0 Å². The molecule has 0 aliphatic rings. The maximum Gasteiger partial charge on any atom is 0.311 e. The third-order valence-electron chi connectivity index (χ3n) is 3.76. The van der Waals surface area contributed by atoms with E-state index in [-0.39, 0.29) is 11.7 Å². The molecule has 144 valence electrons. The van der Waals surface area contributed by atoms with E-state index in [2.05, 4.69) is 6.92 Å². The summed E-state index contributed by atoms with van der Waals surface area (Å²) in [6.45, 7) is 2.16. The molecule has 0 saturated heterocycles. The Bertz CT molecular complexity index is 690. The molecule has 0 amide bonds. The average Bonchev–Trinajstić information content (AvgIpc) is 2.69. The normalized spacial score (nSPS) is 9.67. The first-order valence-corrected chi connectivity index (χ1v) is 9.09. The number of unbranched alkanes of at least 4 members (excludes halogenated alkanes) is 4. The lowest BCUT2D eigenvalue weighted by molar-refractivity contribution is -0.134. The fourth-order valence-electron chi connectivity index (χ4n) is 2.22. The number of hydrogen-bond acceptors (Lipinski definition) is 5. The summed E-state index contributed by atoms with van der Waals surface area (Å²) in [6, 6.07) is 12.6. The van der Waals surface area contributed by atoms with Gasteiger partial charge in [0.2, 0.25) is 0 Å². The van der Waals surface area contributed by atoms with Crippen LogP contribution in [0.15, 0.2) is 48.5 Å². The summed E-state index contributed by atoms with van der Waals surface area (Å²) in [4.78, 5) is 32.0. The molecule has 0 aliphatic carbocycles. The fourth-order valence-corrected chi connectivity index (χ4v) is 2.22. The minimum atomic E-state index is -0.203. The van der Waals surface area contributed by atoms with Gasteiger partial charge in [-0.1, -0.05) is 32.6 Å². The molecular weight excluding hydrogens is 344 g/mol. The first-order valence-electron chi connectivity index (χ1n) is 9.09. The van der Waals surface area contributed by atoms with Gasteiger partial charge in [0.15, 0.2) is 0 Å². The molecule has 5 heteroatoms. The van der Waals surface area contributed by atoms with Crippen LogP contribution in [0.4, 0.5) is 0 Å². The summed E-state index contributed by atoms with van der Waals surface area (Å²) < 4.78 is 5.17. The second-order valence-corrected chi connectivity index (χ2v) is 6.03. The number of phenols is 1. The molecule has 0 heterocycles. The van der Waals surface area contributed by atoms with E-state index in [4.69, 9.17) is 9.84 Å². The maximum absolute atomic E-state index is 11.5. The number of phenolic OH excluding ortho intramolecular Hbond substituents is 1. The number of carbonyl (C=O) groups is 3. The van der Waals surface area contributed by atoms with Crippen molar-refractivity contribution in [3.05, 3.63) is 59.7 Å². The number of carbonyl (C=O) groups excluding carboxylic acids is 3. The molecule has 0 bridgehead atoms. The molecule has 0 atom stereocenters. The van der Waals surface area contributed by atoms with Crippen LogP contribution in [0, 0.1) is 0 Å². The van der Waals surface area contributed by atoms with Gasteiger partial charge in [0.1, 0.15) is 24.1 Å². The Balaban J connectivity index is 0.000000337. The minimum Gasteiger partial charge on any atom is -0.508 e. The standard InChI is InChI=1S/C15H20O3.C7H6O2/c1-2-3-4-5-6-7-15(17)18-14-10-8-13(12-16)9-11-14;8-5-6-1-3-7(9)4-2-6/h8-12H,2-7H2,1H3;1-5,9H. The first-order chi connectivity index (χ1) is 13.1. The van der Waals surface area contributed by atoms with Gasteiger partial charge in [0.05, 0.1) is 0 Å². The van der Waals surface area contributed by atoms with Crippen LogP contribution in [0.25, 0.3) is 0 Å². The van der Waals surface area contributed by atoms with Crippen LogP contribution in [0.5, 0.6) is 11.5 Å². The van der Waals surface area contributed by atoms with Crippen LogP contribution < -0.4 is 4.74 Å². The number of esters is 1. The van der Waals surface area contributed by atoms with Gasteiger partial charge in [-0.05, 0) is 55.0 Å². The Labute approximate surface area is 160 Å². The number of benzene rings is 2. The Morgan fingerprint density at radius 1 is 0.852 bits per heavy atom. The van der Waals surface area contributed by atoms with E-state index in [1.807, 2.05) is 0 Å². The van der Waals surface area contributed by atoms with Crippen molar-refractivity contribution in [1.29, 1.82) is 0 Å². The van der Waals surface area contributed by atoms with Crippen molar-refractivity contribution < 1.29 is 24.2 Å². The third kappa shape index (κ3) is 9.94. The first kappa shape index (κ1) is 22.1. The Morgan fingerprint density at radius 2 is 1.37 bits per heavy atom. The van der Waals surface area contributed by atoms with Gasteiger partial charge >= 0.3 is 5.97 Å². The monoisotopic (exact) mass is 370 g/mol. The number of aromatic hydroxyl groups is 1. The molecule has 0 aromatic heterocycles. The summed E-state index contributed by atoms with van der Waals surface area (Å²) in [5, 5.41) is 8.74. The Hall–Kier alpha value is -2.95. The Kier molecular flexibility index (Phi) is 10.9. The zero-order valence-corrected chi connectivity index (χ0v) is 15.6. The molecule has 27 heavy (non-hydrogen) atoms. The van der Waals surface area contributed by atoms with Crippen LogP contribution in [0.1, 0.15) is 66.2 Å². The molecule has 5 nitrogen and oxygen atoms in total. The molecule has 0 radical (unpaired) electrons. The summed E-state index contributed by atoms with van der Waals surface area (Å²) in [5.41, 5.74) is 1.15. The van der Waals surface area contributed by atoms with Crippen molar-refractivity contribution in [2.45, 2.75) is 45.4 Å². The molecule has 2 aromatic carbocycles. The van der Waals surface area contributed by atoms with Crippen molar-refractivity contribution in [3.63, 3.8) is 0 Å². The van der Waals surface area contributed by atoms with Gasteiger partial charge in [-0.25, -0.2) is 0 Å². The minimum absolute atomic E-state index is 0.181. The van der Waals surface area contributed by atoms with E-state index in [0.717, 1.165) is 25.4 Å². The highest BCUT2D eigenvalue weighted by molar-refractivity contribution is 5.76. The maximum atomic E-state index is 11.5. The Morgan fingerprint density at radius 3 is 1.89 bits per heavy atom. The second-order valence-electron chi connectivity index (χ2n) is 6.03. The molecule has 0 fully saturated rings. The summed E-state index contributed by atoms with van der Waals surface area (Å²) >= 11 is 0.